The maximum absolute atomic E-state index is 11.9. The molecule has 1 aromatic rings. The number of unbranched alkanes of at least 4 members (excludes halogenated alkanes) is 1. The topological polar surface area (TPSA) is 58.2 Å². The first kappa shape index (κ1) is 16.1. The molecule has 0 aromatic heterocycles. The van der Waals surface area contributed by atoms with E-state index in [0.717, 1.165) is 13.0 Å². The quantitative estimate of drug-likeness (QED) is 0.679. The molecule has 2 rings (SSSR count). The predicted molar refractivity (Wildman–Crippen MR) is 86.8 cm³/mol. The van der Waals surface area contributed by atoms with Crippen LogP contribution in [0.5, 0.6) is 0 Å². The van der Waals surface area contributed by atoms with Gasteiger partial charge in [0.15, 0.2) is 0 Å². The fraction of sp³-hybridized carbons (Fsp3) is 0.538. The van der Waals surface area contributed by atoms with Crippen LogP contribution in [0, 0.1) is 0 Å². The Morgan fingerprint density at radius 1 is 1.30 bits per heavy atom. The Bertz CT molecular complexity index is 561. The zero-order valence-corrected chi connectivity index (χ0v) is 14.2. The summed E-state index contributed by atoms with van der Waals surface area (Å²) in [5, 5.41) is 3.92. The SMILES string of the molecule is O=S(=O)(CCCCNC1CC1)Nc1ccc(Cl)c(Br)c1. The summed E-state index contributed by atoms with van der Waals surface area (Å²) in [7, 11) is -3.29. The van der Waals surface area contributed by atoms with Crippen molar-refractivity contribution in [2.24, 2.45) is 0 Å². The number of nitrogens with one attached hydrogen (secondary N) is 2. The fourth-order valence-electron chi connectivity index (χ4n) is 1.80. The Morgan fingerprint density at radius 3 is 2.70 bits per heavy atom. The molecular weight excluding hydrogens is 364 g/mol. The van der Waals surface area contributed by atoms with Crippen molar-refractivity contribution in [3.05, 3.63) is 27.7 Å². The van der Waals surface area contributed by atoms with Crippen molar-refractivity contribution in [3.8, 4) is 0 Å². The van der Waals surface area contributed by atoms with Crippen LogP contribution in [0.1, 0.15) is 25.7 Å². The van der Waals surface area contributed by atoms with Crippen molar-refractivity contribution in [2.75, 3.05) is 17.0 Å². The highest BCUT2D eigenvalue weighted by molar-refractivity contribution is 9.10. The number of rotatable bonds is 8. The zero-order valence-electron chi connectivity index (χ0n) is 11.0. The van der Waals surface area contributed by atoms with E-state index in [-0.39, 0.29) is 5.75 Å². The highest BCUT2D eigenvalue weighted by atomic mass is 79.9. The van der Waals surface area contributed by atoms with E-state index in [0.29, 0.717) is 27.6 Å². The summed E-state index contributed by atoms with van der Waals surface area (Å²) in [6, 6.07) is 5.65. The second-order valence-corrected chi connectivity index (χ2v) is 8.09. The van der Waals surface area contributed by atoms with Crippen LogP contribution in [0.25, 0.3) is 0 Å². The lowest BCUT2D eigenvalue weighted by atomic mass is 10.3. The standard InChI is InChI=1S/C13H18BrClN2O2S/c14-12-9-11(5-6-13(12)15)17-20(18,19)8-2-1-7-16-10-3-4-10/h5-6,9-10,16-17H,1-4,7-8H2. The Balaban J connectivity index is 1.75. The largest absolute Gasteiger partial charge is 0.314 e. The molecule has 0 radical (unpaired) electrons. The van der Waals surface area contributed by atoms with Crippen molar-refractivity contribution < 1.29 is 8.42 Å². The second-order valence-electron chi connectivity index (χ2n) is 4.99. The number of hydrogen-bond donors (Lipinski definition) is 2. The summed E-state index contributed by atoms with van der Waals surface area (Å²) in [5.41, 5.74) is 0.525. The van der Waals surface area contributed by atoms with Gasteiger partial charge in [0.25, 0.3) is 0 Å². The van der Waals surface area contributed by atoms with Crippen molar-refractivity contribution in [2.45, 2.75) is 31.7 Å². The minimum absolute atomic E-state index is 0.138. The Morgan fingerprint density at radius 2 is 2.05 bits per heavy atom. The van der Waals surface area contributed by atoms with Crippen LogP contribution >= 0.6 is 27.5 Å². The molecule has 0 heterocycles. The molecule has 1 aliphatic rings. The first-order valence-corrected chi connectivity index (χ1v) is 9.47. The molecule has 2 N–H and O–H groups in total. The molecule has 20 heavy (non-hydrogen) atoms. The third-order valence-corrected chi connectivity index (χ3v) is 5.63. The monoisotopic (exact) mass is 380 g/mol. The smallest absolute Gasteiger partial charge is 0.232 e. The maximum atomic E-state index is 11.9. The summed E-state index contributed by atoms with van der Waals surface area (Å²) in [6.45, 7) is 0.896. The molecule has 1 aromatic carbocycles. The molecule has 0 aliphatic heterocycles. The van der Waals surface area contributed by atoms with Gasteiger partial charge in [-0.2, -0.15) is 0 Å². The van der Waals surface area contributed by atoms with Gasteiger partial charge in [0.05, 0.1) is 10.8 Å². The summed E-state index contributed by atoms with van der Waals surface area (Å²) in [4.78, 5) is 0. The van der Waals surface area contributed by atoms with Crippen molar-refractivity contribution in [3.63, 3.8) is 0 Å². The second kappa shape index (κ2) is 7.11. The lowest BCUT2D eigenvalue weighted by molar-refractivity contribution is 0.591. The van der Waals surface area contributed by atoms with Gasteiger partial charge in [0.1, 0.15) is 0 Å². The normalized spacial score (nSPS) is 15.3. The van der Waals surface area contributed by atoms with Crippen LogP contribution in [-0.2, 0) is 10.0 Å². The Kier molecular flexibility index (Phi) is 5.72. The van der Waals surface area contributed by atoms with Gasteiger partial charge in [-0.25, -0.2) is 8.42 Å². The van der Waals surface area contributed by atoms with E-state index < -0.39 is 10.0 Å². The summed E-state index contributed by atoms with van der Waals surface area (Å²) < 4.78 is 27.1. The summed E-state index contributed by atoms with van der Waals surface area (Å²) in [6.07, 6.45) is 4.04. The number of halogens is 2. The van der Waals surface area contributed by atoms with Crippen LogP contribution in [0.3, 0.4) is 0 Å². The van der Waals surface area contributed by atoms with Crippen molar-refractivity contribution in [1.29, 1.82) is 0 Å². The highest BCUT2D eigenvalue weighted by Gasteiger charge is 2.19. The minimum Gasteiger partial charge on any atom is -0.314 e. The average molecular weight is 382 g/mol. The van der Waals surface area contributed by atoms with Crippen molar-refractivity contribution in [1.82, 2.24) is 5.32 Å². The fourth-order valence-corrected chi connectivity index (χ4v) is 3.47. The van der Waals surface area contributed by atoms with Crippen LogP contribution in [0.4, 0.5) is 5.69 Å². The number of hydrogen-bond acceptors (Lipinski definition) is 3. The predicted octanol–water partition coefficient (Wildman–Crippen LogP) is 3.38. The molecule has 0 unspecified atom stereocenters. The number of anilines is 1. The lowest BCUT2D eigenvalue weighted by Gasteiger charge is -2.09. The first-order chi connectivity index (χ1) is 9.46. The molecule has 4 nitrogen and oxygen atoms in total. The average Bonchev–Trinajstić information content (AvgIpc) is 3.17. The van der Waals surface area contributed by atoms with E-state index in [9.17, 15) is 8.42 Å². The van der Waals surface area contributed by atoms with Gasteiger partial charge in [-0.1, -0.05) is 11.6 Å². The van der Waals surface area contributed by atoms with Gasteiger partial charge < -0.3 is 5.32 Å². The van der Waals surface area contributed by atoms with Crippen LogP contribution in [-0.4, -0.2) is 26.8 Å². The zero-order chi connectivity index (χ0) is 14.6. The first-order valence-electron chi connectivity index (χ1n) is 6.65. The number of sulfonamides is 1. The van der Waals surface area contributed by atoms with Gasteiger partial charge in [0.2, 0.25) is 10.0 Å². The third-order valence-electron chi connectivity index (χ3n) is 3.04. The van der Waals surface area contributed by atoms with Gasteiger partial charge >= 0.3 is 0 Å². The highest BCUT2D eigenvalue weighted by Crippen LogP contribution is 2.26. The van der Waals surface area contributed by atoms with E-state index in [1.807, 2.05) is 0 Å². The van der Waals surface area contributed by atoms with Crippen LogP contribution < -0.4 is 10.0 Å². The van der Waals surface area contributed by atoms with E-state index in [2.05, 4.69) is 26.0 Å². The van der Waals surface area contributed by atoms with Crippen LogP contribution in [0.2, 0.25) is 5.02 Å². The van der Waals surface area contributed by atoms with Crippen molar-refractivity contribution >= 4 is 43.2 Å². The summed E-state index contributed by atoms with van der Waals surface area (Å²) >= 11 is 9.14. The molecule has 7 heteroatoms. The summed E-state index contributed by atoms with van der Waals surface area (Å²) in [5.74, 6) is 0.138. The van der Waals surface area contributed by atoms with Gasteiger partial charge in [-0.15, -0.1) is 0 Å². The van der Waals surface area contributed by atoms with E-state index >= 15 is 0 Å². The third kappa shape index (κ3) is 5.60. The molecular formula is C13H18BrClN2O2S. The molecule has 0 amide bonds. The van der Waals surface area contributed by atoms with Crippen LogP contribution in [0.15, 0.2) is 22.7 Å². The molecule has 0 atom stereocenters. The van der Waals surface area contributed by atoms with E-state index in [1.54, 1.807) is 18.2 Å². The molecule has 1 fully saturated rings. The molecule has 112 valence electrons. The van der Waals surface area contributed by atoms with Gasteiger partial charge in [0, 0.05) is 16.2 Å². The van der Waals surface area contributed by atoms with Gasteiger partial charge in [-0.05, 0) is 66.4 Å². The lowest BCUT2D eigenvalue weighted by Crippen LogP contribution is -2.20. The Hall–Kier alpha value is -0.300. The maximum Gasteiger partial charge on any atom is 0.232 e. The minimum atomic E-state index is -3.29. The van der Waals surface area contributed by atoms with E-state index in [1.165, 1.54) is 12.8 Å². The van der Waals surface area contributed by atoms with Gasteiger partial charge in [-0.3, -0.25) is 4.72 Å². The Labute approximate surface area is 133 Å². The molecule has 0 bridgehead atoms. The molecule has 0 spiro atoms. The molecule has 1 aliphatic carbocycles. The molecule has 1 saturated carbocycles. The molecule has 0 saturated heterocycles. The number of benzene rings is 1. The van der Waals surface area contributed by atoms with E-state index in [4.69, 9.17) is 11.6 Å².